The molecule has 5 nitrogen and oxygen atoms in total. The Morgan fingerprint density at radius 2 is 1.77 bits per heavy atom. The lowest BCUT2D eigenvalue weighted by molar-refractivity contribution is 0.589. The molecule has 0 saturated carbocycles. The van der Waals surface area contributed by atoms with Gasteiger partial charge in [0.05, 0.1) is 0 Å². The van der Waals surface area contributed by atoms with Crippen LogP contribution in [0.25, 0.3) is 17.0 Å². The topological polar surface area (TPSA) is 45.5 Å². The van der Waals surface area contributed by atoms with E-state index in [1.807, 2.05) is 16.7 Å². The highest BCUT2D eigenvalue weighted by molar-refractivity contribution is 5.63. The molecular weight excluding hydrogens is 281 g/mol. The zero-order valence-corrected chi connectivity index (χ0v) is 12.0. The molecule has 1 aliphatic rings. The molecule has 6 heteroatoms. The molecule has 3 aromatic rings. The summed E-state index contributed by atoms with van der Waals surface area (Å²) in [7, 11) is 0. The van der Waals surface area contributed by atoms with Gasteiger partial charge in [-0.2, -0.15) is 0 Å². The molecular formula is C16H16FN5. The Bertz CT molecular complexity index is 790. The van der Waals surface area contributed by atoms with Gasteiger partial charge in [0.2, 0.25) is 0 Å². The van der Waals surface area contributed by atoms with Crippen LogP contribution in [-0.2, 0) is 0 Å². The fourth-order valence-corrected chi connectivity index (χ4v) is 2.80. The summed E-state index contributed by atoms with van der Waals surface area (Å²) < 4.78 is 15.0. The number of halogens is 1. The molecule has 0 radical (unpaired) electrons. The maximum atomic E-state index is 13.0. The van der Waals surface area contributed by atoms with Crippen LogP contribution < -0.4 is 10.2 Å². The number of nitrogens with one attached hydrogen (secondary N) is 1. The van der Waals surface area contributed by atoms with Crippen LogP contribution in [0.2, 0.25) is 0 Å². The quantitative estimate of drug-likeness (QED) is 0.785. The molecule has 4 rings (SSSR count). The molecule has 0 unspecified atom stereocenters. The minimum atomic E-state index is -0.251. The number of pyridine rings is 1. The number of nitrogens with zero attached hydrogens (tertiary/aromatic N) is 4. The summed E-state index contributed by atoms with van der Waals surface area (Å²) in [5.74, 6) is 0.473. The Balaban J connectivity index is 1.72. The molecule has 0 aliphatic carbocycles. The van der Waals surface area contributed by atoms with Crippen LogP contribution in [0.3, 0.4) is 0 Å². The molecule has 1 aliphatic heterocycles. The summed E-state index contributed by atoms with van der Waals surface area (Å²) in [6.07, 6.45) is 1.98. The number of rotatable bonds is 2. The van der Waals surface area contributed by atoms with Crippen LogP contribution in [0.1, 0.15) is 0 Å². The van der Waals surface area contributed by atoms with E-state index < -0.39 is 0 Å². The Labute approximate surface area is 127 Å². The van der Waals surface area contributed by atoms with Crippen LogP contribution in [0.5, 0.6) is 0 Å². The predicted octanol–water partition coefficient (Wildman–Crippen LogP) is 1.94. The Hall–Kier alpha value is -2.47. The Kier molecular flexibility index (Phi) is 3.23. The van der Waals surface area contributed by atoms with Crippen LogP contribution in [0, 0.1) is 5.82 Å². The fraction of sp³-hybridized carbons (Fsp3) is 0.250. The normalized spacial score (nSPS) is 15.4. The molecule has 2 aromatic heterocycles. The van der Waals surface area contributed by atoms with E-state index in [2.05, 4.69) is 26.5 Å². The van der Waals surface area contributed by atoms with Gasteiger partial charge in [-0.3, -0.25) is 4.40 Å². The number of fused-ring (bicyclic) bond motifs is 1. The van der Waals surface area contributed by atoms with Gasteiger partial charge in [0.1, 0.15) is 5.82 Å². The molecule has 1 fully saturated rings. The van der Waals surface area contributed by atoms with Gasteiger partial charge >= 0.3 is 0 Å². The van der Waals surface area contributed by atoms with Crippen molar-refractivity contribution in [3.05, 3.63) is 48.4 Å². The van der Waals surface area contributed by atoms with Crippen molar-refractivity contribution in [2.45, 2.75) is 0 Å². The zero-order valence-electron chi connectivity index (χ0n) is 12.0. The lowest BCUT2D eigenvalue weighted by atomic mass is 10.2. The van der Waals surface area contributed by atoms with Gasteiger partial charge in [-0.1, -0.05) is 0 Å². The van der Waals surface area contributed by atoms with Crippen molar-refractivity contribution in [1.82, 2.24) is 19.9 Å². The summed E-state index contributed by atoms with van der Waals surface area (Å²) >= 11 is 0. The Morgan fingerprint density at radius 3 is 2.55 bits per heavy atom. The second kappa shape index (κ2) is 5.38. The van der Waals surface area contributed by atoms with Crippen LogP contribution in [-0.4, -0.2) is 40.8 Å². The van der Waals surface area contributed by atoms with Crippen molar-refractivity contribution in [1.29, 1.82) is 0 Å². The van der Waals surface area contributed by atoms with Gasteiger partial charge in [0, 0.05) is 49.7 Å². The molecule has 0 atom stereocenters. The first-order valence-electron chi connectivity index (χ1n) is 7.38. The summed E-state index contributed by atoms with van der Waals surface area (Å²) in [4.78, 5) is 2.34. The highest BCUT2D eigenvalue weighted by atomic mass is 19.1. The first-order valence-corrected chi connectivity index (χ1v) is 7.38. The van der Waals surface area contributed by atoms with Crippen molar-refractivity contribution < 1.29 is 4.39 Å². The standard InChI is InChI=1S/C16H16FN5/c17-13-3-1-12(2-4-13)16-20-19-15-11-14(5-8-22(15)16)21-9-6-18-7-10-21/h1-5,8,11,18H,6-7,9-10H2. The SMILES string of the molecule is Fc1ccc(-c2nnc3cc(N4CCNCC4)ccn23)cc1. The van der Waals surface area contributed by atoms with Crippen molar-refractivity contribution in [3.8, 4) is 11.4 Å². The third-order valence-electron chi connectivity index (χ3n) is 3.98. The number of anilines is 1. The number of hydrogen-bond donors (Lipinski definition) is 1. The highest BCUT2D eigenvalue weighted by Gasteiger charge is 2.13. The first-order chi connectivity index (χ1) is 10.8. The van der Waals surface area contributed by atoms with E-state index in [0.717, 1.165) is 48.9 Å². The van der Waals surface area contributed by atoms with E-state index in [-0.39, 0.29) is 5.82 Å². The third kappa shape index (κ3) is 2.31. The lowest BCUT2D eigenvalue weighted by Gasteiger charge is -2.29. The van der Waals surface area contributed by atoms with Crippen LogP contribution >= 0.6 is 0 Å². The monoisotopic (exact) mass is 297 g/mol. The molecule has 1 aromatic carbocycles. The number of aromatic nitrogens is 3. The van der Waals surface area contributed by atoms with Crippen molar-refractivity contribution in [3.63, 3.8) is 0 Å². The van der Waals surface area contributed by atoms with E-state index in [4.69, 9.17) is 0 Å². The lowest BCUT2D eigenvalue weighted by Crippen LogP contribution is -2.43. The molecule has 0 amide bonds. The fourth-order valence-electron chi connectivity index (χ4n) is 2.80. The first kappa shape index (κ1) is 13.2. The molecule has 22 heavy (non-hydrogen) atoms. The second-order valence-corrected chi connectivity index (χ2v) is 5.38. The second-order valence-electron chi connectivity index (χ2n) is 5.38. The van der Waals surface area contributed by atoms with Gasteiger partial charge in [-0.05, 0) is 30.3 Å². The Morgan fingerprint density at radius 1 is 1.00 bits per heavy atom. The molecule has 1 saturated heterocycles. The summed E-state index contributed by atoms with van der Waals surface area (Å²) in [6, 6.07) is 10.4. The average molecular weight is 297 g/mol. The number of piperazine rings is 1. The maximum absolute atomic E-state index is 13.0. The average Bonchev–Trinajstić information content (AvgIpc) is 2.99. The van der Waals surface area contributed by atoms with E-state index >= 15 is 0 Å². The van der Waals surface area contributed by atoms with E-state index in [1.54, 1.807) is 12.1 Å². The minimum Gasteiger partial charge on any atom is -0.369 e. The minimum absolute atomic E-state index is 0.251. The molecule has 3 heterocycles. The van der Waals surface area contributed by atoms with Gasteiger partial charge < -0.3 is 10.2 Å². The highest BCUT2D eigenvalue weighted by Crippen LogP contribution is 2.22. The largest absolute Gasteiger partial charge is 0.369 e. The zero-order chi connectivity index (χ0) is 14.9. The maximum Gasteiger partial charge on any atom is 0.168 e. The van der Waals surface area contributed by atoms with Crippen molar-refractivity contribution in [2.24, 2.45) is 0 Å². The van der Waals surface area contributed by atoms with E-state index in [9.17, 15) is 4.39 Å². The van der Waals surface area contributed by atoms with Gasteiger partial charge in [-0.15, -0.1) is 10.2 Å². The van der Waals surface area contributed by atoms with Crippen molar-refractivity contribution in [2.75, 3.05) is 31.1 Å². The van der Waals surface area contributed by atoms with E-state index in [0.29, 0.717) is 0 Å². The van der Waals surface area contributed by atoms with Crippen molar-refractivity contribution >= 4 is 11.3 Å². The molecule has 0 spiro atoms. The summed E-state index contributed by atoms with van der Waals surface area (Å²) in [5, 5.41) is 11.8. The molecule has 0 bridgehead atoms. The third-order valence-corrected chi connectivity index (χ3v) is 3.98. The van der Waals surface area contributed by atoms with E-state index in [1.165, 1.54) is 12.1 Å². The van der Waals surface area contributed by atoms with Gasteiger partial charge in [0.15, 0.2) is 11.5 Å². The van der Waals surface area contributed by atoms with Crippen LogP contribution in [0.4, 0.5) is 10.1 Å². The number of benzene rings is 1. The molecule has 1 N–H and O–H groups in total. The number of hydrogen-bond acceptors (Lipinski definition) is 4. The van der Waals surface area contributed by atoms with Gasteiger partial charge in [-0.25, -0.2) is 4.39 Å². The van der Waals surface area contributed by atoms with Gasteiger partial charge in [0.25, 0.3) is 0 Å². The predicted molar refractivity (Wildman–Crippen MR) is 83.5 cm³/mol. The summed E-state index contributed by atoms with van der Waals surface area (Å²) in [6.45, 7) is 3.99. The van der Waals surface area contributed by atoms with Crippen LogP contribution in [0.15, 0.2) is 42.6 Å². The molecule has 112 valence electrons. The summed E-state index contributed by atoms with van der Waals surface area (Å²) in [5.41, 5.74) is 2.81. The smallest absolute Gasteiger partial charge is 0.168 e.